The number of ether oxygens (including phenoxy) is 1. The van der Waals surface area contributed by atoms with Gasteiger partial charge in [-0.3, -0.25) is 10.1 Å². The van der Waals surface area contributed by atoms with Gasteiger partial charge in [-0.2, -0.15) is 0 Å². The molecule has 0 saturated heterocycles. The molecule has 0 bridgehead atoms. The summed E-state index contributed by atoms with van der Waals surface area (Å²) < 4.78 is 5.39. The minimum atomic E-state index is -0.654. The zero-order chi connectivity index (χ0) is 15.8. The summed E-state index contributed by atoms with van der Waals surface area (Å²) in [6.45, 7) is 1.21. The van der Waals surface area contributed by atoms with Crippen LogP contribution >= 0.6 is 0 Å². The summed E-state index contributed by atoms with van der Waals surface area (Å²) >= 11 is 0. The van der Waals surface area contributed by atoms with Crippen LogP contribution in [0.2, 0.25) is 0 Å². The van der Waals surface area contributed by atoms with E-state index in [2.05, 4.69) is 5.32 Å². The summed E-state index contributed by atoms with van der Waals surface area (Å²) in [6, 6.07) is 15.7. The molecule has 0 amide bonds. The van der Waals surface area contributed by atoms with E-state index in [1.165, 1.54) is 24.3 Å². The predicted octanol–water partition coefficient (Wildman–Crippen LogP) is 2.12. The van der Waals surface area contributed by atoms with Crippen molar-refractivity contribution in [3.05, 3.63) is 70.3 Å². The Bertz CT molecular complexity index is 587. The average Bonchev–Trinajstić information content (AvgIpc) is 2.54. The first kappa shape index (κ1) is 15.9. The molecule has 2 aromatic carbocycles. The Morgan fingerprint density at radius 3 is 2.45 bits per heavy atom. The first-order valence-electron chi connectivity index (χ1n) is 6.95. The number of nitro benzene ring substituents is 1. The Balaban J connectivity index is 1.69. The average molecular weight is 302 g/mol. The molecular weight excluding hydrogens is 284 g/mol. The number of nitrogens with one attached hydrogen (secondary N) is 1. The maximum absolute atomic E-state index is 10.5. The van der Waals surface area contributed by atoms with E-state index in [1.807, 2.05) is 30.3 Å². The summed E-state index contributed by atoms with van der Waals surface area (Å²) in [5.74, 6) is 0.493. The lowest BCUT2D eigenvalue weighted by Crippen LogP contribution is -2.31. The Morgan fingerprint density at radius 1 is 1.14 bits per heavy atom. The highest BCUT2D eigenvalue weighted by Gasteiger charge is 2.07. The van der Waals surface area contributed by atoms with Gasteiger partial charge in [0.25, 0.3) is 5.69 Å². The van der Waals surface area contributed by atoms with Gasteiger partial charge >= 0.3 is 0 Å². The van der Waals surface area contributed by atoms with Gasteiger partial charge in [0.15, 0.2) is 0 Å². The second-order valence-corrected chi connectivity index (χ2v) is 4.83. The predicted molar refractivity (Wildman–Crippen MR) is 82.7 cm³/mol. The van der Waals surface area contributed by atoms with Gasteiger partial charge in [0, 0.05) is 25.2 Å². The van der Waals surface area contributed by atoms with Crippen LogP contribution in [-0.4, -0.2) is 29.3 Å². The number of rotatable bonds is 8. The largest absolute Gasteiger partial charge is 0.491 e. The Kier molecular flexibility index (Phi) is 5.88. The van der Waals surface area contributed by atoms with Crippen molar-refractivity contribution in [2.24, 2.45) is 0 Å². The first-order chi connectivity index (χ1) is 10.6. The van der Waals surface area contributed by atoms with Crippen molar-refractivity contribution < 1.29 is 14.8 Å². The molecule has 1 atom stereocenters. The van der Waals surface area contributed by atoms with Crippen molar-refractivity contribution in [1.82, 2.24) is 5.32 Å². The maximum atomic E-state index is 10.5. The fourth-order valence-corrected chi connectivity index (χ4v) is 1.89. The molecule has 0 aliphatic heterocycles. The fraction of sp³-hybridized carbons (Fsp3) is 0.250. The molecule has 6 nitrogen and oxygen atoms in total. The molecule has 0 saturated carbocycles. The second-order valence-electron chi connectivity index (χ2n) is 4.83. The summed E-state index contributed by atoms with van der Waals surface area (Å²) in [5, 5.41) is 23.5. The lowest BCUT2D eigenvalue weighted by Gasteiger charge is -2.13. The van der Waals surface area contributed by atoms with Crippen molar-refractivity contribution in [2.45, 2.75) is 12.6 Å². The standard InChI is InChI=1S/C16H18N2O4/c19-15(11-17-10-13-4-2-1-3-5-13)12-22-16-8-6-14(7-9-16)18(20)21/h1-9,15,17,19H,10-12H2. The van der Waals surface area contributed by atoms with Gasteiger partial charge in [0.2, 0.25) is 0 Å². The Morgan fingerprint density at radius 2 is 1.82 bits per heavy atom. The van der Waals surface area contributed by atoms with Gasteiger partial charge in [-0.25, -0.2) is 0 Å². The number of nitrogens with zero attached hydrogens (tertiary/aromatic N) is 1. The highest BCUT2D eigenvalue weighted by molar-refractivity contribution is 5.35. The lowest BCUT2D eigenvalue weighted by molar-refractivity contribution is -0.384. The number of hydrogen-bond donors (Lipinski definition) is 2. The van der Waals surface area contributed by atoms with E-state index in [4.69, 9.17) is 4.74 Å². The number of benzene rings is 2. The van der Waals surface area contributed by atoms with Crippen LogP contribution in [0.4, 0.5) is 5.69 Å². The molecule has 0 radical (unpaired) electrons. The second kappa shape index (κ2) is 8.11. The molecule has 0 aliphatic rings. The number of non-ortho nitro benzene ring substituents is 1. The van der Waals surface area contributed by atoms with Gasteiger partial charge in [-0.15, -0.1) is 0 Å². The number of aliphatic hydroxyl groups is 1. The van der Waals surface area contributed by atoms with E-state index in [1.54, 1.807) is 0 Å². The molecule has 6 heteroatoms. The summed E-state index contributed by atoms with van der Waals surface area (Å²) in [7, 11) is 0. The lowest BCUT2D eigenvalue weighted by atomic mass is 10.2. The van der Waals surface area contributed by atoms with Crippen LogP contribution in [0.3, 0.4) is 0 Å². The maximum Gasteiger partial charge on any atom is 0.269 e. The highest BCUT2D eigenvalue weighted by atomic mass is 16.6. The number of nitro groups is 1. The molecule has 2 N–H and O–H groups in total. The van der Waals surface area contributed by atoms with Crippen molar-refractivity contribution in [3.63, 3.8) is 0 Å². The zero-order valence-corrected chi connectivity index (χ0v) is 12.0. The highest BCUT2D eigenvalue weighted by Crippen LogP contribution is 2.17. The molecule has 0 spiro atoms. The smallest absolute Gasteiger partial charge is 0.269 e. The first-order valence-corrected chi connectivity index (χ1v) is 6.95. The monoisotopic (exact) mass is 302 g/mol. The van der Waals surface area contributed by atoms with Gasteiger partial charge in [0.1, 0.15) is 18.5 Å². The normalized spacial score (nSPS) is 11.9. The number of aliphatic hydroxyl groups excluding tert-OH is 1. The molecule has 1 unspecified atom stereocenters. The van der Waals surface area contributed by atoms with E-state index >= 15 is 0 Å². The number of hydrogen-bond acceptors (Lipinski definition) is 5. The van der Waals surface area contributed by atoms with E-state index in [0.717, 1.165) is 5.56 Å². The summed E-state index contributed by atoms with van der Waals surface area (Å²) in [4.78, 5) is 10.1. The van der Waals surface area contributed by atoms with Crippen LogP contribution in [0.25, 0.3) is 0 Å². The third-order valence-corrected chi connectivity index (χ3v) is 3.04. The van der Waals surface area contributed by atoms with Crippen molar-refractivity contribution in [2.75, 3.05) is 13.2 Å². The molecule has 22 heavy (non-hydrogen) atoms. The Hall–Kier alpha value is -2.44. The molecular formula is C16H18N2O4. The minimum Gasteiger partial charge on any atom is -0.491 e. The summed E-state index contributed by atoms with van der Waals surface area (Å²) in [6.07, 6.45) is -0.654. The van der Waals surface area contributed by atoms with E-state index in [9.17, 15) is 15.2 Å². The van der Waals surface area contributed by atoms with Crippen LogP contribution in [0.15, 0.2) is 54.6 Å². The van der Waals surface area contributed by atoms with Crippen molar-refractivity contribution in [3.8, 4) is 5.75 Å². The molecule has 2 rings (SSSR count). The van der Waals surface area contributed by atoms with Crippen molar-refractivity contribution in [1.29, 1.82) is 0 Å². The summed E-state index contributed by atoms with van der Waals surface area (Å²) in [5.41, 5.74) is 1.16. The molecule has 0 aromatic heterocycles. The van der Waals surface area contributed by atoms with Crippen LogP contribution < -0.4 is 10.1 Å². The van der Waals surface area contributed by atoms with Gasteiger partial charge in [-0.1, -0.05) is 30.3 Å². The van der Waals surface area contributed by atoms with Gasteiger partial charge in [0.05, 0.1) is 4.92 Å². The van der Waals surface area contributed by atoms with Gasteiger partial charge < -0.3 is 15.2 Å². The van der Waals surface area contributed by atoms with Crippen LogP contribution in [0, 0.1) is 10.1 Å². The SMILES string of the molecule is O=[N+]([O-])c1ccc(OCC(O)CNCc2ccccc2)cc1. The molecule has 0 heterocycles. The van der Waals surface area contributed by atoms with Crippen LogP contribution in [0.1, 0.15) is 5.56 Å². The molecule has 2 aromatic rings. The molecule has 0 aliphatic carbocycles. The molecule has 0 fully saturated rings. The Labute approximate surface area is 128 Å². The third kappa shape index (κ3) is 5.16. The zero-order valence-electron chi connectivity index (χ0n) is 12.0. The third-order valence-electron chi connectivity index (χ3n) is 3.04. The fourth-order valence-electron chi connectivity index (χ4n) is 1.89. The van der Waals surface area contributed by atoms with E-state index < -0.39 is 11.0 Å². The molecule has 116 valence electrons. The van der Waals surface area contributed by atoms with Gasteiger partial charge in [-0.05, 0) is 17.7 Å². The minimum absolute atomic E-state index is 0.0115. The van der Waals surface area contributed by atoms with E-state index in [-0.39, 0.29) is 12.3 Å². The van der Waals surface area contributed by atoms with Crippen LogP contribution in [-0.2, 0) is 6.54 Å². The topological polar surface area (TPSA) is 84.6 Å². The van der Waals surface area contributed by atoms with Crippen molar-refractivity contribution >= 4 is 5.69 Å². The van der Waals surface area contributed by atoms with E-state index in [0.29, 0.717) is 18.8 Å². The van der Waals surface area contributed by atoms with Crippen LogP contribution in [0.5, 0.6) is 5.75 Å². The quantitative estimate of drug-likeness (QED) is 0.576.